The zero-order chi connectivity index (χ0) is 16.4. The van der Waals surface area contributed by atoms with Crippen molar-refractivity contribution in [2.24, 2.45) is 5.73 Å². The monoisotopic (exact) mass is 316 g/mol. The minimum atomic E-state index is -4.08. The summed E-state index contributed by atoms with van der Waals surface area (Å²) in [5.41, 5.74) is 3.41. The lowest BCUT2D eigenvalue weighted by Gasteiger charge is -2.22. The first kappa shape index (κ1) is 16.9. The van der Waals surface area contributed by atoms with Crippen LogP contribution in [0.5, 0.6) is 0 Å². The number of amides is 1. The van der Waals surface area contributed by atoms with Crippen molar-refractivity contribution < 1.29 is 18.1 Å². The molecular weight excluding hydrogens is 300 g/mol. The van der Waals surface area contributed by atoms with Gasteiger partial charge in [0.15, 0.2) is 0 Å². The van der Waals surface area contributed by atoms with Crippen LogP contribution in [-0.2, 0) is 14.8 Å². The summed E-state index contributed by atoms with van der Waals surface area (Å²) >= 11 is 0. The maximum atomic E-state index is 12.3. The smallest absolute Gasteiger partial charge is 0.271 e. The van der Waals surface area contributed by atoms with E-state index in [1.165, 1.54) is 20.9 Å². The van der Waals surface area contributed by atoms with Crippen molar-refractivity contribution in [1.29, 1.82) is 0 Å². The molecule has 1 aromatic carbocycles. The van der Waals surface area contributed by atoms with Gasteiger partial charge in [0.2, 0.25) is 15.9 Å². The van der Waals surface area contributed by atoms with E-state index >= 15 is 0 Å². The van der Waals surface area contributed by atoms with Crippen LogP contribution >= 0.6 is 0 Å². The summed E-state index contributed by atoms with van der Waals surface area (Å²) < 4.78 is 26.7. The molecule has 0 heterocycles. The number of primary amides is 1. The number of benzene rings is 1. The lowest BCUT2D eigenvalue weighted by atomic mass is 10.1. The van der Waals surface area contributed by atoms with E-state index < -0.39 is 26.4 Å². The predicted molar refractivity (Wildman–Crippen MR) is 76.2 cm³/mol. The summed E-state index contributed by atoms with van der Waals surface area (Å²) in [5.74, 6) is -0.848. The van der Waals surface area contributed by atoms with Crippen LogP contribution in [0.3, 0.4) is 0 Å². The van der Waals surface area contributed by atoms with Crippen molar-refractivity contribution >= 4 is 27.3 Å². The van der Waals surface area contributed by atoms with Gasteiger partial charge in [-0.1, -0.05) is 0 Å². The lowest BCUT2D eigenvalue weighted by Crippen LogP contribution is -2.52. The van der Waals surface area contributed by atoms with E-state index in [9.17, 15) is 23.3 Å². The number of nitrogens with two attached hydrogens (primary N) is 1. The molecule has 0 atom stereocenters. The fourth-order valence-electron chi connectivity index (χ4n) is 1.50. The molecule has 0 aromatic heterocycles. The largest absolute Gasteiger partial charge is 0.387 e. The molecule has 0 spiro atoms. The van der Waals surface area contributed by atoms with Gasteiger partial charge in [0.25, 0.3) is 5.69 Å². The number of sulfonamides is 1. The van der Waals surface area contributed by atoms with Crippen molar-refractivity contribution in [1.82, 2.24) is 4.72 Å². The van der Waals surface area contributed by atoms with Crippen LogP contribution in [0.4, 0.5) is 11.4 Å². The number of hydrogen-bond acceptors (Lipinski definition) is 6. The summed E-state index contributed by atoms with van der Waals surface area (Å²) in [7, 11) is -2.66. The third-order valence-corrected chi connectivity index (χ3v) is 4.45. The molecule has 0 saturated carbocycles. The molecule has 0 bridgehead atoms. The van der Waals surface area contributed by atoms with E-state index in [4.69, 9.17) is 5.73 Å². The van der Waals surface area contributed by atoms with Gasteiger partial charge < -0.3 is 11.1 Å². The molecule has 0 fully saturated rings. The Balaban J connectivity index is 3.32. The van der Waals surface area contributed by atoms with Crippen molar-refractivity contribution in [3.8, 4) is 0 Å². The third-order valence-electron chi connectivity index (χ3n) is 2.74. The quantitative estimate of drug-likeness (QED) is 0.504. The Hall–Kier alpha value is -2.20. The number of nitro benzene ring substituents is 1. The van der Waals surface area contributed by atoms with E-state index in [-0.39, 0.29) is 16.3 Å². The van der Waals surface area contributed by atoms with Crippen molar-refractivity contribution in [2.45, 2.75) is 24.3 Å². The molecular formula is C11H16N4O5S. The number of nitrogens with one attached hydrogen (secondary N) is 2. The fourth-order valence-corrected chi connectivity index (χ4v) is 3.08. The Bertz CT molecular complexity index is 684. The molecule has 4 N–H and O–H groups in total. The van der Waals surface area contributed by atoms with Gasteiger partial charge in [-0.3, -0.25) is 14.9 Å². The summed E-state index contributed by atoms with van der Waals surface area (Å²) in [4.78, 5) is 21.1. The second kappa shape index (κ2) is 5.66. The Kier molecular flexibility index (Phi) is 4.54. The van der Waals surface area contributed by atoms with Gasteiger partial charge in [-0.2, -0.15) is 4.72 Å². The molecule has 0 aliphatic carbocycles. The first-order valence-electron chi connectivity index (χ1n) is 5.81. The van der Waals surface area contributed by atoms with Crippen LogP contribution in [0.2, 0.25) is 0 Å². The van der Waals surface area contributed by atoms with Crippen LogP contribution in [0.25, 0.3) is 0 Å². The third kappa shape index (κ3) is 3.67. The zero-order valence-electron chi connectivity index (χ0n) is 11.7. The van der Waals surface area contributed by atoms with Crippen LogP contribution in [0.1, 0.15) is 13.8 Å². The summed E-state index contributed by atoms with van der Waals surface area (Å²) in [6.07, 6.45) is 0. The Morgan fingerprint density at radius 1 is 1.38 bits per heavy atom. The molecule has 1 aromatic rings. The standard InChI is InChI=1S/C11H16N4O5S/c1-11(2,10(12)16)14-21(19,20)9-5-4-7(15(17)18)6-8(9)13-3/h4-6,13-14H,1-3H3,(H2,12,16). The fraction of sp³-hybridized carbons (Fsp3) is 0.364. The molecule has 10 heteroatoms. The minimum absolute atomic E-state index is 0.0389. The number of carbonyl (C=O) groups excluding carboxylic acids is 1. The molecule has 9 nitrogen and oxygen atoms in total. The van der Waals surface area contributed by atoms with Gasteiger partial charge in [0.05, 0.1) is 10.6 Å². The highest BCUT2D eigenvalue weighted by molar-refractivity contribution is 7.89. The van der Waals surface area contributed by atoms with E-state index in [1.54, 1.807) is 0 Å². The number of carbonyl (C=O) groups is 1. The van der Waals surface area contributed by atoms with Gasteiger partial charge in [0, 0.05) is 19.2 Å². The zero-order valence-corrected chi connectivity index (χ0v) is 12.5. The SMILES string of the molecule is CNc1cc([N+](=O)[O-])ccc1S(=O)(=O)NC(C)(C)C(N)=O. The van der Waals surface area contributed by atoms with Gasteiger partial charge in [-0.05, 0) is 19.9 Å². The highest BCUT2D eigenvalue weighted by Gasteiger charge is 2.32. The molecule has 0 unspecified atom stereocenters. The molecule has 0 aliphatic rings. The number of non-ortho nitro benzene ring substituents is 1. The summed E-state index contributed by atoms with van der Waals surface area (Å²) in [5, 5.41) is 13.3. The van der Waals surface area contributed by atoms with E-state index in [0.717, 1.165) is 18.2 Å². The Morgan fingerprint density at radius 2 is 1.95 bits per heavy atom. The topological polar surface area (TPSA) is 144 Å². The summed E-state index contributed by atoms with van der Waals surface area (Å²) in [6.45, 7) is 2.63. The Labute approximate surface area is 121 Å². The second-order valence-electron chi connectivity index (χ2n) is 4.78. The van der Waals surface area contributed by atoms with Crippen molar-refractivity contribution in [3.05, 3.63) is 28.3 Å². The average molecular weight is 316 g/mol. The number of nitrogens with zero attached hydrogens (tertiary/aromatic N) is 1. The van der Waals surface area contributed by atoms with Crippen LogP contribution < -0.4 is 15.8 Å². The molecule has 1 amide bonds. The van der Waals surface area contributed by atoms with Gasteiger partial charge >= 0.3 is 0 Å². The van der Waals surface area contributed by atoms with Gasteiger partial charge in [-0.25, -0.2) is 8.42 Å². The average Bonchev–Trinajstić information content (AvgIpc) is 2.36. The maximum Gasteiger partial charge on any atom is 0.271 e. The first-order valence-corrected chi connectivity index (χ1v) is 7.29. The van der Waals surface area contributed by atoms with E-state index in [0.29, 0.717) is 0 Å². The highest BCUT2D eigenvalue weighted by atomic mass is 32.2. The molecule has 116 valence electrons. The molecule has 0 saturated heterocycles. The van der Waals surface area contributed by atoms with E-state index in [1.807, 2.05) is 0 Å². The van der Waals surface area contributed by atoms with Crippen molar-refractivity contribution in [2.75, 3.05) is 12.4 Å². The normalized spacial score (nSPS) is 12.0. The van der Waals surface area contributed by atoms with Crippen LogP contribution in [0, 0.1) is 10.1 Å². The molecule has 1 rings (SSSR count). The molecule has 0 aliphatic heterocycles. The summed E-state index contributed by atoms with van der Waals surface area (Å²) in [6, 6.07) is 3.24. The van der Waals surface area contributed by atoms with Crippen LogP contribution in [0.15, 0.2) is 23.1 Å². The molecule has 21 heavy (non-hydrogen) atoms. The highest BCUT2D eigenvalue weighted by Crippen LogP contribution is 2.26. The number of anilines is 1. The minimum Gasteiger partial charge on any atom is -0.387 e. The number of rotatable bonds is 6. The second-order valence-corrected chi connectivity index (χ2v) is 6.43. The Morgan fingerprint density at radius 3 is 2.38 bits per heavy atom. The van der Waals surface area contributed by atoms with Gasteiger partial charge in [0.1, 0.15) is 10.4 Å². The number of nitro groups is 1. The lowest BCUT2D eigenvalue weighted by molar-refractivity contribution is -0.384. The number of hydrogen-bond donors (Lipinski definition) is 3. The maximum absolute atomic E-state index is 12.3. The van der Waals surface area contributed by atoms with Crippen LogP contribution in [-0.4, -0.2) is 31.8 Å². The predicted octanol–water partition coefficient (Wildman–Crippen LogP) is 0.179. The van der Waals surface area contributed by atoms with Crippen molar-refractivity contribution in [3.63, 3.8) is 0 Å². The first-order chi connectivity index (χ1) is 9.51. The molecule has 0 radical (unpaired) electrons. The van der Waals surface area contributed by atoms with E-state index in [2.05, 4.69) is 10.0 Å². The van der Waals surface area contributed by atoms with Gasteiger partial charge in [-0.15, -0.1) is 0 Å².